The molecule has 0 amide bonds. The number of nitrogens with zero attached hydrogens (tertiary/aromatic N) is 4. The van der Waals surface area contributed by atoms with Crippen LogP contribution in [0.4, 0.5) is 52.7 Å². The molecule has 1 heterocycles. The molecular weight excluding hydrogens is 829 g/mol. The number of allylic oxidation sites excluding steroid dienone is 1. The molecule has 0 fully saturated rings. The minimum atomic E-state index is -6.35. The van der Waals surface area contributed by atoms with Gasteiger partial charge in [-0.1, -0.05) is 104 Å². The van der Waals surface area contributed by atoms with E-state index in [4.69, 9.17) is 0 Å². The second-order valence-electron chi connectivity index (χ2n) is 16.5. The van der Waals surface area contributed by atoms with Gasteiger partial charge in [-0.25, -0.2) is 4.99 Å². The fourth-order valence-corrected chi connectivity index (χ4v) is 12.3. The van der Waals surface area contributed by atoms with Crippen molar-refractivity contribution in [3.8, 4) is 12.1 Å². The van der Waals surface area contributed by atoms with Crippen LogP contribution in [-0.2, 0) is 21.7 Å². The van der Waals surface area contributed by atoms with Gasteiger partial charge in [-0.2, -0.15) is 63.2 Å². The fourth-order valence-electron chi connectivity index (χ4n) is 8.98. The summed E-state index contributed by atoms with van der Waals surface area (Å²) >= 11 is -0.315. The minimum absolute atomic E-state index is 0.340. The van der Waals surface area contributed by atoms with Gasteiger partial charge in [0.15, 0.2) is 10.8 Å². The number of nitriles is 2. The van der Waals surface area contributed by atoms with Gasteiger partial charge in [0.1, 0.15) is 15.5 Å². The molecule has 4 nitrogen and oxygen atoms in total. The van der Waals surface area contributed by atoms with E-state index in [0.717, 1.165) is 6.07 Å². The van der Waals surface area contributed by atoms with Gasteiger partial charge in [-0.3, -0.25) is 4.99 Å². The number of thioether (sulfide) groups is 2. The summed E-state index contributed by atoms with van der Waals surface area (Å²) in [5, 5.41) is 18.7. The number of aliphatic imine (C=N–C) groups is 2. The predicted molar refractivity (Wildman–Crippen MR) is 199 cm³/mol. The highest BCUT2D eigenvalue weighted by Gasteiger charge is 2.71. The van der Waals surface area contributed by atoms with E-state index in [9.17, 15) is 10.5 Å². The minimum Gasteiger partial charge on any atom is -0.259 e. The number of fused-ring (bicyclic) bond motifs is 2. The molecule has 1 aliphatic heterocycles. The van der Waals surface area contributed by atoms with Crippen LogP contribution in [0, 0.1) is 33.5 Å². The van der Waals surface area contributed by atoms with Crippen LogP contribution in [0.15, 0.2) is 81.7 Å². The summed E-state index contributed by atoms with van der Waals surface area (Å²) in [6.45, 7) is 11.8. The van der Waals surface area contributed by atoms with Crippen molar-refractivity contribution in [3.05, 3.63) is 94.0 Å². The number of benzene rings is 2. The van der Waals surface area contributed by atoms with E-state index in [-0.39, 0.29) is 5.71 Å². The average Bonchev–Trinajstić information content (AvgIpc) is 3.24. The van der Waals surface area contributed by atoms with Crippen molar-refractivity contribution in [2.24, 2.45) is 20.8 Å². The highest BCUT2D eigenvalue weighted by atomic mass is 32.2. The first-order chi connectivity index (χ1) is 26.3. The Morgan fingerprint density at radius 3 is 1.57 bits per heavy atom. The normalized spacial score (nSPS) is 24.3. The van der Waals surface area contributed by atoms with Gasteiger partial charge in [0, 0.05) is 38.9 Å². The Morgan fingerprint density at radius 1 is 0.759 bits per heavy atom. The zero-order valence-corrected chi connectivity index (χ0v) is 33.8. The first-order valence-electron chi connectivity index (χ1n) is 17.5. The van der Waals surface area contributed by atoms with Crippen molar-refractivity contribution in [2.75, 3.05) is 11.5 Å². The summed E-state index contributed by atoms with van der Waals surface area (Å²) in [5.41, 5.74) is -18.5. The molecule has 1 spiro atoms. The smallest absolute Gasteiger partial charge is 0.259 e. The quantitative estimate of drug-likeness (QED) is 0.227. The molecule has 312 valence electrons. The van der Waals surface area contributed by atoms with Gasteiger partial charge in [-0.15, -0.1) is 23.5 Å². The predicted octanol–water partition coefficient (Wildman–Crippen LogP) is 12.6. The lowest BCUT2D eigenvalue weighted by Crippen LogP contribution is -2.51. The van der Waals surface area contributed by atoms with Crippen molar-refractivity contribution < 1.29 is 52.7 Å². The Balaban J connectivity index is 1.83. The second kappa shape index (κ2) is 13.8. The standard InChI is InChI=1S/C40H36F12N4S2/c1-31(2)21-13-9-10-14-22(21)32(3,4)30(31)55-28(43)26(37(44,45)46)36(18-54,40(50,51)52)19-57-29-25(27(41)42)35(17-53,39(47,48)49)20-58-38(56-29)33(5,6)23-15-11-12-16-24(23)34(38,7)8/h9-16H,19-20H2,1-8H3/b28-26+. The molecule has 0 bridgehead atoms. The zero-order valence-electron chi connectivity index (χ0n) is 32.2. The Kier molecular flexibility index (Phi) is 10.8. The molecule has 0 N–H and O–H groups in total. The van der Waals surface area contributed by atoms with Gasteiger partial charge in [-0.05, 0) is 22.3 Å². The number of hydrogen-bond donors (Lipinski definition) is 0. The SMILES string of the molecule is CC1(C)C(=N/C(F)=C(/C(F)(F)F)C(C#N)(CSC2=NC3(SCC(C#N)(C(F)(F)F)C2=C(F)F)C(C)(C)c2ccccc2C3(C)C)C(F)(F)F)C(C)(C)c2ccccc21. The Labute approximate surface area is 335 Å². The van der Waals surface area contributed by atoms with Gasteiger partial charge in [0.2, 0.25) is 5.95 Å². The largest absolute Gasteiger partial charge is 0.418 e. The van der Waals surface area contributed by atoms with Crippen LogP contribution >= 0.6 is 23.5 Å². The Bertz CT molecular complexity index is 2170. The van der Waals surface area contributed by atoms with Crippen molar-refractivity contribution in [1.29, 1.82) is 10.5 Å². The molecule has 2 aromatic carbocycles. The molecule has 58 heavy (non-hydrogen) atoms. The lowest BCUT2D eigenvalue weighted by molar-refractivity contribution is -0.205. The molecule has 0 saturated heterocycles. The Hall–Kier alpha value is -3.90. The summed E-state index contributed by atoms with van der Waals surface area (Å²) in [7, 11) is 0. The van der Waals surface area contributed by atoms with Crippen LogP contribution in [0.3, 0.4) is 0 Å². The molecule has 2 unspecified atom stereocenters. The number of hydrogen-bond acceptors (Lipinski definition) is 6. The van der Waals surface area contributed by atoms with E-state index in [1.165, 1.54) is 55.4 Å². The number of rotatable bonds is 4. The lowest BCUT2D eigenvalue weighted by atomic mass is 9.75. The van der Waals surface area contributed by atoms with Crippen molar-refractivity contribution in [3.63, 3.8) is 0 Å². The molecule has 0 saturated carbocycles. The van der Waals surface area contributed by atoms with Crippen LogP contribution in [0.25, 0.3) is 0 Å². The summed E-state index contributed by atoms with van der Waals surface area (Å²) in [6.07, 6.45) is -21.7. The zero-order chi connectivity index (χ0) is 44.1. The number of halogens is 12. The molecular formula is C40H36F12N4S2. The van der Waals surface area contributed by atoms with E-state index in [2.05, 4.69) is 9.98 Å². The third-order valence-corrected chi connectivity index (χ3v) is 15.2. The van der Waals surface area contributed by atoms with Gasteiger partial charge in [0.05, 0.1) is 17.7 Å². The molecule has 2 atom stereocenters. The van der Waals surface area contributed by atoms with Gasteiger partial charge < -0.3 is 0 Å². The second-order valence-corrected chi connectivity index (χ2v) is 18.7. The van der Waals surface area contributed by atoms with Crippen LogP contribution in [-0.4, -0.2) is 45.7 Å². The van der Waals surface area contributed by atoms with E-state index in [1.54, 1.807) is 48.5 Å². The molecule has 0 aromatic heterocycles. The van der Waals surface area contributed by atoms with Crippen LogP contribution in [0.1, 0.15) is 77.6 Å². The van der Waals surface area contributed by atoms with E-state index in [1.807, 2.05) is 0 Å². The first-order valence-corrected chi connectivity index (χ1v) is 19.4. The maximum Gasteiger partial charge on any atom is 0.418 e. The highest BCUT2D eigenvalue weighted by Crippen LogP contribution is 2.67. The molecule has 2 aromatic rings. The summed E-state index contributed by atoms with van der Waals surface area (Å²) in [6, 6.07) is 14.1. The molecule has 5 rings (SSSR count). The molecule has 3 aliphatic rings. The average molecular weight is 865 g/mol. The third kappa shape index (κ3) is 6.20. The summed E-state index contributed by atoms with van der Waals surface area (Å²) in [4.78, 5) is 5.87. The van der Waals surface area contributed by atoms with Crippen LogP contribution < -0.4 is 0 Å². The summed E-state index contributed by atoms with van der Waals surface area (Å²) < 4.78 is 183. The van der Waals surface area contributed by atoms with Gasteiger partial charge in [0.25, 0.3) is 6.08 Å². The topological polar surface area (TPSA) is 72.3 Å². The van der Waals surface area contributed by atoms with E-state index < -0.39 is 107 Å². The summed E-state index contributed by atoms with van der Waals surface area (Å²) in [5.74, 6) is -6.53. The van der Waals surface area contributed by atoms with Gasteiger partial charge >= 0.3 is 18.5 Å². The van der Waals surface area contributed by atoms with Crippen molar-refractivity contribution in [1.82, 2.24) is 0 Å². The maximum atomic E-state index is 16.5. The first kappa shape index (κ1) is 45.2. The molecule has 0 radical (unpaired) electrons. The maximum absolute atomic E-state index is 16.5. The van der Waals surface area contributed by atoms with E-state index in [0.29, 0.717) is 40.1 Å². The molecule has 18 heteroatoms. The lowest BCUT2D eigenvalue weighted by Gasteiger charge is -2.46. The Morgan fingerprint density at radius 2 is 1.21 bits per heavy atom. The van der Waals surface area contributed by atoms with E-state index >= 15 is 52.7 Å². The third-order valence-electron chi connectivity index (χ3n) is 11.9. The number of alkyl halides is 9. The van der Waals surface area contributed by atoms with Crippen LogP contribution in [0.5, 0.6) is 0 Å². The highest BCUT2D eigenvalue weighted by molar-refractivity contribution is 8.14. The molecule has 2 aliphatic carbocycles. The van der Waals surface area contributed by atoms with Crippen LogP contribution in [0.2, 0.25) is 0 Å². The van der Waals surface area contributed by atoms with Crippen molar-refractivity contribution >= 4 is 34.3 Å². The fraction of sp³-hybridized carbons (Fsp3) is 0.500. The monoisotopic (exact) mass is 864 g/mol. The van der Waals surface area contributed by atoms with Crippen molar-refractivity contribution in [2.45, 2.75) is 100 Å².